The van der Waals surface area contributed by atoms with Crippen molar-refractivity contribution in [3.8, 4) is 34.1 Å². The van der Waals surface area contributed by atoms with E-state index in [1.54, 1.807) is 0 Å². The molecule has 4 rings (SSSR count). The topological polar surface area (TPSA) is 70.5 Å². The highest BCUT2D eigenvalue weighted by atomic mass is 19.4. The Morgan fingerprint density at radius 2 is 1.17 bits per heavy atom. The van der Waals surface area contributed by atoms with Gasteiger partial charge in [-0.15, -0.1) is 0 Å². The third-order valence-electron chi connectivity index (χ3n) is 4.99. The van der Waals surface area contributed by atoms with Gasteiger partial charge in [-0.25, -0.2) is 0 Å². The van der Waals surface area contributed by atoms with Gasteiger partial charge in [-0.3, -0.25) is 0 Å². The number of halogens is 6. The molecule has 0 saturated carbocycles. The monoisotopic (exact) mass is 506 g/mol. The molecule has 0 spiro atoms. The Bertz CT molecular complexity index is 1490. The van der Waals surface area contributed by atoms with Crippen LogP contribution < -0.4 is 20.9 Å². The molecule has 0 bridgehead atoms. The minimum Gasteiger partial charge on any atom is -0.453 e. The van der Waals surface area contributed by atoms with E-state index in [4.69, 9.17) is 23.7 Å². The zero-order valence-corrected chi connectivity index (χ0v) is 18.2. The van der Waals surface area contributed by atoms with Crippen LogP contribution >= 0.6 is 0 Å². The molecule has 0 fully saturated rings. The number of hydrogen-bond donors (Lipinski definition) is 2. The van der Waals surface area contributed by atoms with Crippen LogP contribution in [-0.4, -0.2) is 0 Å². The summed E-state index contributed by atoms with van der Waals surface area (Å²) in [5, 5.41) is 0. The average molecular weight is 506 g/mol. The fourth-order valence-electron chi connectivity index (χ4n) is 3.37. The second kappa shape index (κ2) is 9.37. The van der Waals surface area contributed by atoms with Crippen molar-refractivity contribution >= 4 is 11.4 Å². The Morgan fingerprint density at radius 1 is 0.639 bits per heavy atom. The van der Waals surface area contributed by atoms with Crippen LogP contribution in [-0.2, 0) is 12.4 Å². The molecule has 0 atom stereocenters. The van der Waals surface area contributed by atoms with Gasteiger partial charge in [0.25, 0.3) is 0 Å². The van der Waals surface area contributed by atoms with E-state index in [-0.39, 0.29) is 23.0 Å². The van der Waals surface area contributed by atoms with Crippen molar-refractivity contribution in [2.75, 3.05) is 11.5 Å². The summed E-state index contributed by atoms with van der Waals surface area (Å²) in [6.45, 7) is 0. The van der Waals surface area contributed by atoms with Gasteiger partial charge in [-0.05, 0) is 48.0 Å². The highest BCUT2D eigenvalue weighted by Gasteiger charge is 2.36. The Kier molecular flexibility index (Phi) is 5.76. The predicted molar refractivity (Wildman–Crippen MR) is 124 cm³/mol. The van der Waals surface area contributed by atoms with E-state index < -0.39 is 52.5 Å². The van der Waals surface area contributed by atoms with Crippen LogP contribution in [0.5, 0.6) is 23.0 Å². The van der Waals surface area contributed by atoms with Crippen molar-refractivity contribution in [1.82, 2.24) is 0 Å². The van der Waals surface area contributed by atoms with E-state index in [0.717, 1.165) is 24.3 Å². The number of nitrogens with two attached hydrogens (primary N) is 2. The third-order valence-corrected chi connectivity index (χ3v) is 4.99. The molecule has 4 aromatic carbocycles. The number of benzene rings is 4. The third kappa shape index (κ3) is 5.32. The van der Waals surface area contributed by atoms with Gasteiger partial charge in [0.15, 0.2) is 11.5 Å². The van der Waals surface area contributed by atoms with E-state index in [1.165, 1.54) is 36.4 Å². The van der Waals surface area contributed by atoms with Crippen molar-refractivity contribution in [1.29, 1.82) is 0 Å². The van der Waals surface area contributed by atoms with Crippen molar-refractivity contribution in [3.05, 3.63) is 96.0 Å². The Morgan fingerprint density at radius 3 is 1.69 bits per heavy atom. The molecular weight excluding hydrogens is 486 g/mol. The van der Waals surface area contributed by atoms with Gasteiger partial charge in [0.05, 0.1) is 2.74 Å². The number of hydrogen-bond acceptors (Lipinski definition) is 4. The van der Waals surface area contributed by atoms with Gasteiger partial charge in [-0.1, -0.05) is 42.4 Å². The van der Waals surface area contributed by atoms with Crippen LogP contribution in [0.3, 0.4) is 0 Å². The first kappa shape index (κ1) is 22.1. The average Bonchev–Trinajstić information content (AvgIpc) is 2.83. The molecule has 4 N–H and O–H groups in total. The molecule has 0 aliphatic heterocycles. The zero-order chi connectivity index (χ0) is 27.8. The lowest BCUT2D eigenvalue weighted by atomic mass is 10.0. The van der Waals surface area contributed by atoms with Crippen molar-refractivity contribution < 1.29 is 38.6 Å². The normalized spacial score (nSPS) is 12.6. The Hall–Kier alpha value is -4.34. The van der Waals surface area contributed by atoms with Gasteiger partial charge in [0, 0.05) is 16.9 Å². The van der Waals surface area contributed by atoms with Crippen molar-refractivity contribution in [2.45, 2.75) is 12.4 Å². The lowest BCUT2D eigenvalue weighted by Crippen LogP contribution is -2.09. The number of anilines is 2. The van der Waals surface area contributed by atoms with Crippen LogP contribution in [0.15, 0.2) is 84.9 Å². The maximum atomic E-state index is 13.8. The molecular formula is C26H18F6N2O2. The standard InChI is InChI=1S/C26H18F6N2O2/c27-25(28,29)19-13-16(33)9-11-21(19)35-23-8-4-7-18(15-5-2-1-3-6-15)24(23)36-22-12-10-17(34)14-20(22)26(30,31)32/h1-14H,33-34H2/i1D,8D. The molecule has 0 aromatic heterocycles. The lowest BCUT2D eigenvalue weighted by molar-refractivity contribution is -0.139. The van der Waals surface area contributed by atoms with Crippen LogP contribution in [0, 0.1) is 0 Å². The van der Waals surface area contributed by atoms with Crippen molar-refractivity contribution in [3.63, 3.8) is 0 Å². The number of rotatable bonds is 5. The molecule has 0 radical (unpaired) electrons. The predicted octanol–water partition coefficient (Wildman–Crippen LogP) is 8.14. The highest BCUT2D eigenvalue weighted by molar-refractivity contribution is 5.75. The first-order valence-electron chi connectivity index (χ1n) is 11.2. The highest BCUT2D eigenvalue weighted by Crippen LogP contribution is 2.47. The van der Waals surface area contributed by atoms with Gasteiger partial charge in [0.2, 0.25) is 0 Å². The summed E-state index contributed by atoms with van der Waals surface area (Å²) < 4.78 is 110. The number of para-hydroxylation sites is 1. The van der Waals surface area contributed by atoms with E-state index >= 15 is 0 Å². The lowest BCUT2D eigenvalue weighted by Gasteiger charge is -2.20. The molecule has 36 heavy (non-hydrogen) atoms. The maximum Gasteiger partial charge on any atom is 0.420 e. The minimum atomic E-state index is -4.89. The molecule has 0 aliphatic carbocycles. The Balaban J connectivity index is 1.95. The number of ether oxygens (including phenoxy) is 2. The first-order valence-corrected chi connectivity index (χ1v) is 10.2. The van der Waals surface area contributed by atoms with Gasteiger partial charge >= 0.3 is 12.4 Å². The fraction of sp³-hybridized carbons (Fsp3) is 0.0769. The van der Waals surface area contributed by atoms with Gasteiger partial charge < -0.3 is 20.9 Å². The Labute approximate surface area is 204 Å². The van der Waals surface area contributed by atoms with Crippen LogP contribution in [0.4, 0.5) is 37.7 Å². The summed E-state index contributed by atoms with van der Waals surface area (Å²) >= 11 is 0. The fourth-order valence-corrected chi connectivity index (χ4v) is 3.37. The molecule has 4 aromatic rings. The summed E-state index contributed by atoms with van der Waals surface area (Å²) in [7, 11) is 0. The summed E-state index contributed by atoms with van der Waals surface area (Å²) in [6.07, 6.45) is -9.78. The van der Waals surface area contributed by atoms with Crippen LogP contribution in [0.2, 0.25) is 0 Å². The molecule has 0 heterocycles. The molecule has 0 aliphatic rings. The van der Waals surface area contributed by atoms with E-state index in [2.05, 4.69) is 0 Å². The maximum absolute atomic E-state index is 13.8. The summed E-state index contributed by atoms with van der Waals surface area (Å²) in [5.41, 5.74) is 8.60. The molecule has 4 nitrogen and oxygen atoms in total. The number of alkyl halides is 6. The first-order chi connectivity index (χ1) is 17.7. The van der Waals surface area contributed by atoms with Gasteiger partial charge in [0.1, 0.15) is 22.6 Å². The molecule has 10 heteroatoms. The van der Waals surface area contributed by atoms with Crippen LogP contribution in [0.25, 0.3) is 11.1 Å². The minimum absolute atomic E-state index is 0.102. The SMILES string of the molecule is [2H]c1ccc(-c2ccc([2H])c(Oc3ccc(N)cc3C(F)(F)F)c2Oc2ccc(N)cc2C(F)(F)F)cc1. The van der Waals surface area contributed by atoms with Crippen LogP contribution in [0.1, 0.15) is 13.9 Å². The second-order valence-corrected chi connectivity index (χ2v) is 7.55. The summed E-state index contributed by atoms with van der Waals surface area (Å²) in [6, 6.07) is 13.5. The molecule has 0 unspecified atom stereocenters. The molecule has 0 saturated heterocycles. The number of nitrogen functional groups attached to an aromatic ring is 2. The largest absolute Gasteiger partial charge is 0.453 e. The van der Waals surface area contributed by atoms with E-state index in [0.29, 0.717) is 17.7 Å². The zero-order valence-electron chi connectivity index (χ0n) is 20.2. The molecule has 186 valence electrons. The van der Waals surface area contributed by atoms with Crippen molar-refractivity contribution in [2.24, 2.45) is 0 Å². The molecule has 0 amide bonds. The summed E-state index contributed by atoms with van der Waals surface area (Å²) in [5.74, 6) is -2.47. The van der Waals surface area contributed by atoms with E-state index in [9.17, 15) is 26.3 Å². The smallest absolute Gasteiger partial charge is 0.420 e. The van der Waals surface area contributed by atoms with E-state index in [1.807, 2.05) is 0 Å². The quantitative estimate of drug-likeness (QED) is 0.212. The van der Waals surface area contributed by atoms with Gasteiger partial charge in [-0.2, -0.15) is 26.3 Å². The second-order valence-electron chi connectivity index (χ2n) is 7.55. The summed E-state index contributed by atoms with van der Waals surface area (Å²) in [4.78, 5) is 0.